The van der Waals surface area contributed by atoms with Crippen LogP contribution < -0.4 is 16.4 Å². The molecule has 10 N–H and O–H groups in total. The molecule has 1 fully saturated rings. The fraction of sp³-hybridized carbons (Fsp3) is 0.830. The summed E-state index contributed by atoms with van der Waals surface area (Å²) in [5, 5.41) is 26.8. The van der Waals surface area contributed by atoms with Gasteiger partial charge in [0.15, 0.2) is 22.8 Å². The van der Waals surface area contributed by atoms with Gasteiger partial charge in [0.25, 0.3) is 0 Å². The summed E-state index contributed by atoms with van der Waals surface area (Å²) in [5.74, 6) is -0.121. The van der Waals surface area contributed by atoms with E-state index >= 15 is 0 Å². The summed E-state index contributed by atoms with van der Waals surface area (Å²) in [6.07, 6.45) is 20.8. The van der Waals surface area contributed by atoms with Gasteiger partial charge in [-0.15, -0.1) is 0 Å². The molecular weight excluding hydrogens is 1060 g/mol. The fourth-order valence-electron chi connectivity index (χ4n) is 8.49. The van der Waals surface area contributed by atoms with E-state index in [2.05, 4.69) is 48.3 Å². The Hall–Kier alpha value is -2.44. The summed E-state index contributed by atoms with van der Waals surface area (Å²) in [6.45, 7) is 5.28. The zero-order valence-corrected chi connectivity index (χ0v) is 47.7. The highest BCUT2D eigenvalue weighted by atomic mass is 32.2. The molecule has 0 radical (unpaired) electrons. The van der Waals surface area contributed by atoms with Crippen molar-refractivity contribution in [2.45, 2.75) is 206 Å². The van der Waals surface area contributed by atoms with E-state index in [9.17, 15) is 57.9 Å². The maximum absolute atomic E-state index is 12.8. The molecular formula is C47H86N7O17P3S. The lowest BCUT2D eigenvalue weighted by atomic mass is 9.87. The number of imidazole rings is 1. The van der Waals surface area contributed by atoms with Crippen LogP contribution in [0.15, 0.2) is 12.7 Å². The van der Waals surface area contributed by atoms with E-state index in [0.717, 1.165) is 54.2 Å². The summed E-state index contributed by atoms with van der Waals surface area (Å²) in [6, 6.07) is 0. The van der Waals surface area contributed by atoms with Crippen LogP contribution in [0.3, 0.4) is 0 Å². The van der Waals surface area contributed by atoms with Gasteiger partial charge in [-0.1, -0.05) is 168 Å². The number of thioether (sulfide) groups is 1. The fourth-order valence-corrected chi connectivity index (χ4v) is 12.0. The van der Waals surface area contributed by atoms with E-state index < -0.39 is 84.6 Å². The minimum absolute atomic E-state index is 0.0346. The lowest BCUT2D eigenvalue weighted by Crippen LogP contribution is -2.46. The number of nitrogens with zero attached hydrogens (tertiary/aromatic N) is 4. The number of phosphoric ester groups is 3. The Labute approximate surface area is 446 Å². The number of aliphatic hydroxyl groups excluding tert-OH is 2. The number of hydrogen-bond donors (Lipinski definition) is 9. The smallest absolute Gasteiger partial charge is 0.386 e. The number of aromatic nitrogens is 4. The first-order valence-electron chi connectivity index (χ1n) is 26.5. The molecule has 3 heterocycles. The van der Waals surface area contributed by atoms with Crippen LogP contribution in [0.1, 0.15) is 182 Å². The van der Waals surface area contributed by atoms with Crippen LogP contribution in [0, 0.1) is 11.3 Å². The lowest BCUT2D eigenvalue weighted by Gasteiger charge is -2.30. The second-order valence-corrected chi connectivity index (χ2v) is 25.5. The van der Waals surface area contributed by atoms with Gasteiger partial charge in [0.1, 0.15) is 36.3 Å². The number of carbonyl (C=O) groups excluding carboxylic acids is 3. The Balaban J connectivity index is 1.21. The van der Waals surface area contributed by atoms with Crippen LogP contribution in [-0.2, 0) is 50.7 Å². The molecule has 1 saturated heterocycles. The van der Waals surface area contributed by atoms with E-state index in [4.69, 9.17) is 19.5 Å². The largest absolute Gasteiger partial charge is 0.481 e. The van der Waals surface area contributed by atoms with E-state index in [0.29, 0.717) is 12.2 Å². The highest BCUT2D eigenvalue weighted by molar-refractivity contribution is 8.13. The normalized spacial score (nSPS) is 19.7. The Morgan fingerprint density at radius 3 is 1.95 bits per heavy atom. The molecule has 28 heteroatoms. The Morgan fingerprint density at radius 1 is 0.800 bits per heavy atom. The molecule has 0 aliphatic carbocycles. The van der Waals surface area contributed by atoms with Crippen molar-refractivity contribution in [1.29, 1.82) is 0 Å². The second kappa shape index (κ2) is 34.5. The molecule has 24 nitrogen and oxygen atoms in total. The van der Waals surface area contributed by atoms with Crippen molar-refractivity contribution in [3.8, 4) is 0 Å². The minimum atomic E-state index is -5.58. The number of fused-ring (bicyclic) bond motifs is 1. The van der Waals surface area contributed by atoms with E-state index in [1.165, 1.54) is 129 Å². The van der Waals surface area contributed by atoms with Crippen molar-refractivity contribution < 1.29 is 80.5 Å². The molecule has 1 aliphatic rings. The van der Waals surface area contributed by atoms with Crippen LogP contribution in [0.5, 0.6) is 0 Å². The maximum atomic E-state index is 12.8. The number of nitrogen functional groups attached to an aromatic ring is 1. The molecule has 75 heavy (non-hydrogen) atoms. The number of carbonyl (C=O) groups is 3. The summed E-state index contributed by atoms with van der Waals surface area (Å²) in [4.78, 5) is 88.7. The van der Waals surface area contributed by atoms with Crippen LogP contribution in [0.2, 0.25) is 0 Å². The average molecular weight is 1150 g/mol. The maximum Gasteiger partial charge on any atom is 0.481 e. The van der Waals surface area contributed by atoms with Crippen molar-refractivity contribution in [2.24, 2.45) is 11.3 Å². The number of unbranched alkanes of at least 4 members (excludes halogenated alkanes) is 17. The Morgan fingerprint density at radius 2 is 1.36 bits per heavy atom. The van der Waals surface area contributed by atoms with Gasteiger partial charge < -0.3 is 50.9 Å². The van der Waals surface area contributed by atoms with E-state index in [1.54, 1.807) is 0 Å². The topological polar surface area (TPSA) is 364 Å². The number of anilines is 1. The quantitative estimate of drug-likeness (QED) is 0.0225. The molecule has 432 valence electrons. The first-order chi connectivity index (χ1) is 35.4. The Bertz CT molecular complexity index is 2160. The SMILES string of the molecule is CCCCCC(C)CCCCCCCCCCCCCCCCCCC(=O)SCCNC(=O)CCNC(=O)C(O)C(C)(C)COP(=O)(O)OP(=O)(O)OCC1OC(n2cnc3c(N)ncnc32)C(O)C1OP(=O)(O)O. The number of hydrogen-bond acceptors (Lipinski definition) is 18. The molecule has 1 aliphatic heterocycles. The van der Waals surface area contributed by atoms with Crippen molar-refractivity contribution in [3.05, 3.63) is 12.7 Å². The van der Waals surface area contributed by atoms with Crippen LogP contribution >= 0.6 is 35.2 Å². The summed E-state index contributed by atoms with van der Waals surface area (Å²) < 4.78 is 62.6. The van der Waals surface area contributed by atoms with Gasteiger partial charge in [0, 0.05) is 37.1 Å². The number of amides is 2. The highest BCUT2D eigenvalue weighted by Gasteiger charge is 2.50. The van der Waals surface area contributed by atoms with Gasteiger partial charge in [0.2, 0.25) is 11.8 Å². The number of phosphoric acid groups is 3. The van der Waals surface area contributed by atoms with Gasteiger partial charge in [-0.3, -0.25) is 32.5 Å². The van der Waals surface area contributed by atoms with Gasteiger partial charge in [-0.25, -0.2) is 28.6 Å². The van der Waals surface area contributed by atoms with Crippen LogP contribution in [0.4, 0.5) is 5.82 Å². The predicted molar refractivity (Wildman–Crippen MR) is 284 cm³/mol. The lowest BCUT2D eigenvalue weighted by molar-refractivity contribution is -0.137. The zero-order valence-electron chi connectivity index (χ0n) is 44.2. The zero-order chi connectivity index (χ0) is 55.5. The molecule has 8 atom stereocenters. The van der Waals surface area contributed by atoms with Crippen LogP contribution in [0.25, 0.3) is 11.2 Å². The van der Waals surface area contributed by atoms with Crippen molar-refractivity contribution in [3.63, 3.8) is 0 Å². The first kappa shape index (κ1) is 66.8. The third-order valence-electron chi connectivity index (χ3n) is 12.9. The highest BCUT2D eigenvalue weighted by Crippen LogP contribution is 2.61. The van der Waals surface area contributed by atoms with Crippen molar-refractivity contribution in [2.75, 3.05) is 37.8 Å². The van der Waals surface area contributed by atoms with Gasteiger partial charge >= 0.3 is 23.5 Å². The number of aliphatic hydroxyl groups is 2. The second-order valence-electron chi connectivity index (χ2n) is 20.1. The Kier molecular flexibility index (Phi) is 30.8. The molecule has 2 aromatic heterocycles. The van der Waals surface area contributed by atoms with Crippen LogP contribution in [-0.4, -0.2) is 123 Å². The molecule has 8 unspecified atom stereocenters. The third kappa shape index (κ3) is 26.8. The molecule has 2 amide bonds. The molecule has 0 bridgehead atoms. The minimum Gasteiger partial charge on any atom is -0.386 e. The van der Waals surface area contributed by atoms with E-state index in [-0.39, 0.29) is 41.6 Å². The molecule has 3 rings (SSSR count). The molecule has 2 aromatic rings. The van der Waals surface area contributed by atoms with E-state index in [1.807, 2.05) is 0 Å². The molecule has 0 saturated carbocycles. The van der Waals surface area contributed by atoms with Gasteiger partial charge in [0.05, 0.1) is 19.5 Å². The number of nitrogens with two attached hydrogens (primary N) is 1. The first-order valence-corrected chi connectivity index (χ1v) is 32.0. The molecule has 0 aromatic carbocycles. The summed E-state index contributed by atoms with van der Waals surface area (Å²) >= 11 is 1.16. The van der Waals surface area contributed by atoms with Crippen molar-refractivity contribution >= 4 is 69.1 Å². The standard InChI is InChI=1S/C47H86N7O17P3S/c1-5-6-21-24-35(2)25-22-19-17-15-13-11-9-7-8-10-12-14-16-18-20-23-26-38(56)75-30-29-49-37(55)27-28-50-45(59)42(58)47(3,4)32-68-74(65,66)71-73(63,64)67-31-36-41(70-72(60,61)62)40(57)46(69-36)54-34-53-39-43(48)51-33-52-44(39)54/h33-36,40-42,46,57-58H,5-32H2,1-4H3,(H,49,55)(H,50,59)(H,63,64)(H,65,66)(H2,48,51,52)(H2,60,61,62). The number of ether oxygens (including phenoxy) is 1. The summed E-state index contributed by atoms with van der Waals surface area (Å²) in [5.41, 5.74) is 4.30. The van der Waals surface area contributed by atoms with Gasteiger partial charge in [-0.05, 0) is 12.3 Å². The monoisotopic (exact) mass is 1150 g/mol. The average Bonchev–Trinajstić information content (AvgIpc) is 3.90. The predicted octanol–water partition coefficient (Wildman–Crippen LogP) is 7.90. The van der Waals surface area contributed by atoms with Crippen molar-refractivity contribution in [1.82, 2.24) is 30.2 Å². The molecule has 0 spiro atoms. The third-order valence-corrected chi connectivity index (χ3v) is 16.9. The number of nitrogens with one attached hydrogen (secondary N) is 2. The van der Waals surface area contributed by atoms with Gasteiger partial charge in [-0.2, -0.15) is 4.31 Å². The number of rotatable bonds is 42. The summed E-state index contributed by atoms with van der Waals surface area (Å²) in [7, 11) is -16.4.